The molecule has 0 spiro atoms. The Bertz CT molecular complexity index is 977. The van der Waals surface area contributed by atoms with Crippen LogP contribution in [0.3, 0.4) is 0 Å². The third kappa shape index (κ3) is 4.68. The van der Waals surface area contributed by atoms with Crippen molar-refractivity contribution >= 4 is 23.1 Å². The van der Waals surface area contributed by atoms with Crippen molar-refractivity contribution in [2.45, 2.75) is 32.7 Å². The van der Waals surface area contributed by atoms with E-state index in [1.807, 2.05) is 19.9 Å². The zero-order valence-corrected chi connectivity index (χ0v) is 17.3. The van der Waals surface area contributed by atoms with Crippen LogP contribution in [0.15, 0.2) is 24.3 Å². The molecular formula is C21H25N3O6. The van der Waals surface area contributed by atoms with Gasteiger partial charge in [-0.25, -0.2) is 4.79 Å². The first kappa shape index (κ1) is 21.5. The van der Waals surface area contributed by atoms with E-state index in [0.29, 0.717) is 24.8 Å². The molecule has 0 radical (unpaired) electrons. The van der Waals surface area contributed by atoms with E-state index in [1.54, 1.807) is 0 Å². The van der Waals surface area contributed by atoms with E-state index in [4.69, 9.17) is 9.47 Å². The van der Waals surface area contributed by atoms with Gasteiger partial charge in [-0.2, -0.15) is 0 Å². The van der Waals surface area contributed by atoms with Crippen molar-refractivity contribution in [3.8, 4) is 0 Å². The molecule has 30 heavy (non-hydrogen) atoms. The third-order valence-corrected chi connectivity index (χ3v) is 5.08. The Morgan fingerprint density at radius 3 is 2.63 bits per heavy atom. The van der Waals surface area contributed by atoms with Crippen LogP contribution in [0, 0.1) is 24.0 Å². The Kier molecular flexibility index (Phi) is 6.51. The van der Waals surface area contributed by atoms with Gasteiger partial charge in [-0.15, -0.1) is 0 Å². The van der Waals surface area contributed by atoms with Crippen molar-refractivity contribution in [3.05, 3.63) is 56.9 Å². The number of rotatable bonds is 10. The SMILES string of the molecule is COCCNc1ccc(C(=O)OCC(=O)c2cc(C)n(C3CC3)c2C)cc1[N+](=O)[O-]. The lowest BCUT2D eigenvalue weighted by Crippen LogP contribution is -2.15. The Morgan fingerprint density at radius 1 is 1.27 bits per heavy atom. The highest BCUT2D eigenvalue weighted by atomic mass is 16.6. The quantitative estimate of drug-likeness (QED) is 0.208. The summed E-state index contributed by atoms with van der Waals surface area (Å²) in [5.41, 5.74) is 2.46. The number of carbonyl (C=O) groups is 2. The monoisotopic (exact) mass is 415 g/mol. The molecule has 0 aliphatic heterocycles. The van der Waals surface area contributed by atoms with Gasteiger partial charge in [0.2, 0.25) is 5.78 Å². The first-order valence-electron chi connectivity index (χ1n) is 9.73. The zero-order valence-electron chi connectivity index (χ0n) is 17.3. The van der Waals surface area contributed by atoms with Gasteiger partial charge >= 0.3 is 5.97 Å². The van der Waals surface area contributed by atoms with E-state index in [-0.39, 0.29) is 22.7 Å². The second-order valence-corrected chi connectivity index (χ2v) is 7.29. The summed E-state index contributed by atoms with van der Waals surface area (Å²) in [6, 6.07) is 6.27. The number of ether oxygens (including phenoxy) is 2. The molecule has 1 aromatic carbocycles. The lowest BCUT2D eigenvalue weighted by atomic mass is 10.1. The summed E-state index contributed by atoms with van der Waals surface area (Å²) >= 11 is 0. The number of hydrogen-bond acceptors (Lipinski definition) is 7. The highest BCUT2D eigenvalue weighted by Gasteiger charge is 2.28. The van der Waals surface area contributed by atoms with E-state index in [9.17, 15) is 19.7 Å². The van der Waals surface area contributed by atoms with Crippen molar-refractivity contribution in [2.24, 2.45) is 0 Å². The fraction of sp³-hybridized carbons (Fsp3) is 0.429. The van der Waals surface area contributed by atoms with Crippen molar-refractivity contribution in [1.29, 1.82) is 0 Å². The molecule has 160 valence electrons. The van der Waals surface area contributed by atoms with E-state index >= 15 is 0 Å². The molecule has 0 saturated heterocycles. The number of nitro benzene ring substituents is 1. The van der Waals surface area contributed by atoms with Gasteiger partial charge in [-0.05, 0) is 44.9 Å². The molecule has 0 unspecified atom stereocenters. The maximum atomic E-state index is 12.6. The number of carbonyl (C=O) groups excluding carboxylic acids is 2. The minimum Gasteiger partial charge on any atom is -0.454 e. The lowest BCUT2D eigenvalue weighted by molar-refractivity contribution is -0.384. The first-order chi connectivity index (χ1) is 14.3. The smallest absolute Gasteiger partial charge is 0.338 e. The molecule has 1 N–H and O–H groups in total. The Labute approximate surface area is 174 Å². The van der Waals surface area contributed by atoms with Crippen LogP contribution in [0.4, 0.5) is 11.4 Å². The van der Waals surface area contributed by atoms with Crippen LogP contribution in [0.1, 0.15) is 51.0 Å². The van der Waals surface area contributed by atoms with Gasteiger partial charge in [0.25, 0.3) is 5.69 Å². The van der Waals surface area contributed by atoms with Crippen molar-refractivity contribution in [2.75, 3.05) is 32.2 Å². The normalized spacial score (nSPS) is 13.2. The van der Waals surface area contributed by atoms with E-state index in [1.165, 1.54) is 19.2 Å². The van der Waals surface area contributed by atoms with Crippen molar-refractivity contribution in [3.63, 3.8) is 0 Å². The molecular weight excluding hydrogens is 390 g/mol. The second-order valence-electron chi connectivity index (χ2n) is 7.29. The largest absolute Gasteiger partial charge is 0.454 e. The number of hydrogen-bond donors (Lipinski definition) is 1. The fourth-order valence-corrected chi connectivity index (χ4v) is 3.49. The number of anilines is 1. The number of nitro groups is 1. The summed E-state index contributed by atoms with van der Waals surface area (Å²) in [5, 5.41) is 14.2. The van der Waals surface area contributed by atoms with Gasteiger partial charge in [-0.1, -0.05) is 0 Å². The van der Waals surface area contributed by atoms with Crippen LogP contribution in [-0.4, -0.2) is 48.1 Å². The van der Waals surface area contributed by atoms with Crippen LogP contribution >= 0.6 is 0 Å². The molecule has 1 aromatic heterocycles. The van der Waals surface area contributed by atoms with Crippen molar-refractivity contribution in [1.82, 2.24) is 4.57 Å². The number of Topliss-reactive ketones (excluding diaryl/α,β-unsaturated/α-hetero) is 1. The predicted molar refractivity (Wildman–Crippen MR) is 110 cm³/mol. The average molecular weight is 415 g/mol. The summed E-state index contributed by atoms with van der Waals surface area (Å²) in [4.78, 5) is 35.7. The number of aromatic nitrogens is 1. The van der Waals surface area contributed by atoms with Crippen LogP contribution in [-0.2, 0) is 9.47 Å². The average Bonchev–Trinajstić information content (AvgIpc) is 3.50. The summed E-state index contributed by atoms with van der Waals surface area (Å²) in [5.74, 6) is -1.08. The van der Waals surface area contributed by atoms with Gasteiger partial charge in [0.15, 0.2) is 6.61 Å². The number of ketones is 1. The molecule has 2 aromatic rings. The topological polar surface area (TPSA) is 113 Å². The van der Waals surface area contributed by atoms with Crippen molar-refractivity contribution < 1.29 is 24.0 Å². The lowest BCUT2D eigenvalue weighted by Gasteiger charge is -2.09. The van der Waals surface area contributed by atoms with Crippen LogP contribution in [0.5, 0.6) is 0 Å². The minimum atomic E-state index is -0.786. The molecule has 0 atom stereocenters. The summed E-state index contributed by atoms with van der Waals surface area (Å²) in [6.45, 7) is 4.18. The molecule has 0 amide bonds. The minimum absolute atomic E-state index is 0.00949. The number of methoxy groups -OCH3 is 1. The highest BCUT2D eigenvalue weighted by Crippen LogP contribution is 2.38. The van der Waals surface area contributed by atoms with Crippen LogP contribution in [0.25, 0.3) is 0 Å². The van der Waals surface area contributed by atoms with Gasteiger partial charge in [0, 0.05) is 42.7 Å². The fourth-order valence-electron chi connectivity index (χ4n) is 3.49. The number of aryl methyl sites for hydroxylation is 1. The molecule has 3 rings (SSSR count). The van der Waals surface area contributed by atoms with E-state index in [2.05, 4.69) is 9.88 Å². The van der Waals surface area contributed by atoms with Gasteiger partial charge < -0.3 is 19.4 Å². The number of benzene rings is 1. The predicted octanol–water partition coefficient (Wildman–Crippen LogP) is 3.45. The third-order valence-electron chi connectivity index (χ3n) is 5.08. The van der Waals surface area contributed by atoms with Crippen LogP contribution < -0.4 is 5.32 Å². The molecule has 9 nitrogen and oxygen atoms in total. The number of nitrogens with one attached hydrogen (secondary N) is 1. The Hall–Kier alpha value is -3.20. The van der Waals surface area contributed by atoms with E-state index < -0.39 is 17.5 Å². The standard InChI is InChI=1S/C21H25N3O6/c1-13-10-17(14(2)23(13)16-5-6-16)20(25)12-30-21(26)15-4-7-18(22-8-9-29-3)19(11-15)24(27)28/h4,7,10-11,16,22H,5-6,8-9,12H2,1-3H3. The van der Waals surface area contributed by atoms with Gasteiger partial charge in [-0.3, -0.25) is 14.9 Å². The Balaban J connectivity index is 1.67. The van der Waals surface area contributed by atoms with Crippen LogP contribution in [0.2, 0.25) is 0 Å². The molecule has 0 bridgehead atoms. The number of esters is 1. The zero-order chi connectivity index (χ0) is 21.8. The maximum absolute atomic E-state index is 12.6. The molecule has 1 aliphatic carbocycles. The molecule has 1 heterocycles. The maximum Gasteiger partial charge on any atom is 0.338 e. The number of nitrogens with zero attached hydrogens (tertiary/aromatic N) is 2. The summed E-state index contributed by atoms with van der Waals surface area (Å²) < 4.78 is 12.2. The molecule has 1 aliphatic rings. The molecule has 9 heteroatoms. The summed E-state index contributed by atoms with van der Waals surface area (Å²) in [7, 11) is 1.53. The molecule has 1 saturated carbocycles. The van der Waals surface area contributed by atoms with Gasteiger partial charge in [0.1, 0.15) is 5.69 Å². The Morgan fingerprint density at radius 2 is 2.00 bits per heavy atom. The van der Waals surface area contributed by atoms with Gasteiger partial charge in [0.05, 0.1) is 17.1 Å². The molecule has 1 fully saturated rings. The highest BCUT2D eigenvalue weighted by molar-refractivity contribution is 6.00. The second kappa shape index (κ2) is 9.08. The van der Waals surface area contributed by atoms with E-state index in [0.717, 1.165) is 30.3 Å². The summed E-state index contributed by atoms with van der Waals surface area (Å²) in [6.07, 6.45) is 2.21. The first-order valence-corrected chi connectivity index (χ1v) is 9.73.